The molecule has 6 heteroatoms. The Kier molecular flexibility index (Phi) is 7.45. The van der Waals surface area contributed by atoms with Gasteiger partial charge in [0.05, 0.1) is 6.04 Å². The van der Waals surface area contributed by atoms with Gasteiger partial charge in [0.2, 0.25) is 0 Å². The molecule has 2 N–H and O–H groups in total. The fourth-order valence-electron chi connectivity index (χ4n) is 3.30. The molecule has 3 rings (SSSR count). The normalized spacial score (nSPS) is 17.2. The molecule has 1 amide bonds. The van der Waals surface area contributed by atoms with Gasteiger partial charge in [0.1, 0.15) is 5.69 Å². The summed E-state index contributed by atoms with van der Waals surface area (Å²) in [4.78, 5) is 12.3. The van der Waals surface area contributed by atoms with Gasteiger partial charge in [0, 0.05) is 19.3 Å². The molecule has 0 aliphatic carbocycles. The van der Waals surface area contributed by atoms with Crippen LogP contribution in [0.3, 0.4) is 0 Å². The van der Waals surface area contributed by atoms with Crippen molar-refractivity contribution in [3.05, 3.63) is 53.3 Å². The molecule has 0 saturated carbocycles. The van der Waals surface area contributed by atoms with Crippen molar-refractivity contribution in [2.45, 2.75) is 51.5 Å². The molecule has 27 heavy (non-hydrogen) atoms. The van der Waals surface area contributed by atoms with Crippen molar-refractivity contribution in [2.24, 2.45) is 0 Å². The van der Waals surface area contributed by atoms with E-state index in [1.807, 2.05) is 16.9 Å². The molecule has 1 aromatic heterocycles. The van der Waals surface area contributed by atoms with Crippen molar-refractivity contribution in [1.29, 1.82) is 0 Å². The number of carbonyl (C=O) groups excluding carboxylic acids is 1. The molecule has 2 heterocycles. The van der Waals surface area contributed by atoms with Crippen LogP contribution in [0.1, 0.15) is 61.3 Å². The van der Waals surface area contributed by atoms with Crippen molar-refractivity contribution >= 4 is 18.3 Å². The van der Waals surface area contributed by atoms with Gasteiger partial charge in [-0.05, 0) is 48.4 Å². The van der Waals surface area contributed by atoms with E-state index in [1.165, 1.54) is 11.1 Å². The standard InChI is InChI=1S/C21H30N4O.ClH/c1-21(2,3)17-8-6-16(7-9-17)10-13-23-20(26)19-11-14-25(24-19)18-5-4-12-22-15-18;/h6-9,11,14,18,22H,4-5,10,12-13,15H2,1-3H3,(H,23,26);1H. The number of nitrogens with one attached hydrogen (secondary N) is 2. The van der Waals surface area contributed by atoms with Crippen LogP contribution in [0.2, 0.25) is 0 Å². The molecule has 1 atom stereocenters. The molecule has 0 bridgehead atoms. The molecule has 148 valence electrons. The van der Waals surface area contributed by atoms with E-state index >= 15 is 0 Å². The molecule has 1 aliphatic heterocycles. The number of rotatable bonds is 5. The first kappa shape index (κ1) is 21.5. The third kappa shape index (κ3) is 5.81. The second-order valence-corrected chi connectivity index (χ2v) is 8.13. The summed E-state index contributed by atoms with van der Waals surface area (Å²) in [6.07, 6.45) is 5.00. The van der Waals surface area contributed by atoms with E-state index in [0.717, 1.165) is 32.4 Å². The SMILES string of the molecule is CC(C)(C)c1ccc(CCNC(=O)c2ccn(C3CCCNC3)n2)cc1.Cl. The Balaban J connectivity index is 0.00000261. The van der Waals surface area contributed by atoms with Gasteiger partial charge in [-0.2, -0.15) is 5.10 Å². The maximum absolute atomic E-state index is 12.3. The van der Waals surface area contributed by atoms with Gasteiger partial charge in [-0.1, -0.05) is 45.0 Å². The van der Waals surface area contributed by atoms with E-state index in [0.29, 0.717) is 18.3 Å². The zero-order valence-electron chi connectivity index (χ0n) is 16.5. The number of hydrogen-bond acceptors (Lipinski definition) is 3. The minimum atomic E-state index is -0.0983. The topological polar surface area (TPSA) is 59.0 Å². The molecule has 1 aromatic carbocycles. The van der Waals surface area contributed by atoms with Gasteiger partial charge >= 0.3 is 0 Å². The fraction of sp³-hybridized carbons (Fsp3) is 0.524. The number of amides is 1. The second kappa shape index (κ2) is 9.38. The first-order chi connectivity index (χ1) is 12.4. The lowest BCUT2D eigenvalue weighted by atomic mass is 9.86. The smallest absolute Gasteiger partial charge is 0.271 e. The van der Waals surface area contributed by atoms with Gasteiger partial charge in [0.25, 0.3) is 5.91 Å². The van der Waals surface area contributed by atoms with E-state index in [2.05, 4.69) is 60.8 Å². The van der Waals surface area contributed by atoms with E-state index in [1.54, 1.807) is 0 Å². The lowest BCUT2D eigenvalue weighted by Gasteiger charge is -2.22. The molecule has 1 aliphatic rings. The van der Waals surface area contributed by atoms with Crippen LogP contribution in [-0.2, 0) is 11.8 Å². The number of nitrogens with zero attached hydrogens (tertiary/aromatic N) is 2. The lowest BCUT2D eigenvalue weighted by Crippen LogP contribution is -2.32. The molecular weight excluding hydrogens is 360 g/mol. The highest BCUT2D eigenvalue weighted by atomic mass is 35.5. The van der Waals surface area contributed by atoms with Gasteiger partial charge in [-0.15, -0.1) is 12.4 Å². The first-order valence-corrected chi connectivity index (χ1v) is 9.57. The molecular formula is C21H31ClN4O. The zero-order valence-corrected chi connectivity index (χ0v) is 17.3. The molecule has 1 fully saturated rings. The Morgan fingerprint density at radius 1 is 1.26 bits per heavy atom. The van der Waals surface area contributed by atoms with Crippen LogP contribution < -0.4 is 10.6 Å². The summed E-state index contributed by atoms with van der Waals surface area (Å²) in [5.41, 5.74) is 3.23. The van der Waals surface area contributed by atoms with Gasteiger partial charge < -0.3 is 10.6 Å². The predicted molar refractivity (Wildman–Crippen MR) is 112 cm³/mol. The van der Waals surface area contributed by atoms with E-state index in [-0.39, 0.29) is 23.7 Å². The fourth-order valence-corrected chi connectivity index (χ4v) is 3.30. The van der Waals surface area contributed by atoms with Crippen LogP contribution in [0.4, 0.5) is 0 Å². The van der Waals surface area contributed by atoms with Gasteiger partial charge in [-0.25, -0.2) is 0 Å². The van der Waals surface area contributed by atoms with E-state index in [4.69, 9.17) is 0 Å². The molecule has 2 aromatic rings. The third-order valence-corrected chi connectivity index (χ3v) is 5.01. The average molecular weight is 391 g/mol. The van der Waals surface area contributed by atoms with E-state index in [9.17, 15) is 4.79 Å². The Hall–Kier alpha value is -1.85. The minimum Gasteiger partial charge on any atom is -0.350 e. The van der Waals surface area contributed by atoms with Crippen LogP contribution >= 0.6 is 12.4 Å². The quantitative estimate of drug-likeness (QED) is 0.821. The predicted octanol–water partition coefficient (Wildman–Crippen LogP) is 3.50. The van der Waals surface area contributed by atoms with E-state index < -0.39 is 0 Å². The number of piperidine rings is 1. The van der Waals surface area contributed by atoms with Crippen molar-refractivity contribution < 1.29 is 4.79 Å². The monoisotopic (exact) mass is 390 g/mol. The average Bonchev–Trinajstić information content (AvgIpc) is 3.12. The minimum absolute atomic E-state index is 0. The second-order valence-electron chi connectivity index (χ2n) is 8.13. The summed E-state index contributed by atoms with van der Waals surface area (Å²) in [5, 5.41) is 10.8. The largest absolute Gasteiger partial charge is 0.350 e. The van der Waals surface area contributed by atoms with Crippen LogP contribution in [0.5, 0.6) is 0 Å². The third-order valence-electron chi connectivity index (χ3n) is 5.01. The molecule has 1 saturated heterocycles. The van der Waals surface area contributed by atoms with Gasteiger partial charge in [-0.3, -0.25) is 9.48 Å². The lowest BCUT2D eigenvalue weighted by molar-refractivity contribution is 0.0947. The summed E-state index contributed by atoms with van der Waals surface area (Å²) in [6.45, 7) is 9.25. The summed E-state index contributed by atoms with van der Waals surface area (Å²) < 4.78 is 1.92. The highest BCUT2D eigenvalue weighted by Gasteiger charge is 2.17. The van der Waals surface area contributed by atoms with Crippen molar-refractivity contribution in [3.63, 3.8) is 0 Å². The summed E-state index contributed by atoms with van der Waals surface area (Å²) in [7, 11) is 0. The maximum Gasteiger partial charge on any atom is 0.271 e. The Morgan fingerprint density at radius 3 is 2.63 bits per heavy atom. The Bertz CT molecular complexity index is 727. The van der Waals surface area contributed by atoms with Crippen molar-refractivity contribution in [3.8, 4) is 0 Å². The van der Waals surface area contributed by atoms with Gasteiger partial charge in [0.15, 0.2) is 0 Å². The number of carbonyl (C=O) groups is 1. The van der Waals surface area contributed by atoms with Crippen LogP contribution in [0.15, 0.2) is 36.5 Å². The Morgan fingerprint density at radius 2 is 2.00 bits per heavy atom. The van der Waals surface area contributed by atoms with Crippen molar-refractivity contribution in [1.82, 2.24) is 20.4 Å². The Labute approximate surface area is 168 Å². The summed E-state index contributed by atoms with van der Waals surface area (Å²) in [6, 6.07) is 10.8. The number of aromatic nitrogens is 2. The highest BCUT2D eigenvalue weighted by molar-refractivity contribution is 5.92. The highest BCUT2D eigenvalue weighted by Crippen LogP contribution is 2.22. The zero-order chi connectivity index (χ0) is 18.6. The van der Waals surface area contributed by atoms with Crippen LogP contribution in [0.25, 0.3) is 0 Å². The molecule has 1 unspecified atom stereocenters. The number of benzene rings is 1. The molecule has 5 nitrogen and oxygen atoms in total. The van der Waals surface area contributed by atoms with Crippen LogP contribution in [0, 0.1) is 0 Å². The molecule has 0 spiro atoms. The maximum atomic E-state index is 12.3. The van der Waals surface area contributed by atoms with Crippen molar-refractivity contribution in [2.75, 3.05) is 19.6 Å². The first-order valence-electron chi connectivity index (χ1n) is 9.57. The molecule has 0 radical (unpaired) electrons. The number of halogens is 1. The summed E-state index contributed by atoms with van der Waals surface area (Å²) >= 11 is 0. The summed E-state index contributed by atoms with van der Waals surface area (Å²) in [5.74, 6) is -0.0983. The number of hydrogen-bond donors (Lipinski definition) is 2. The van der Waals surface area contributed by atoms with Crippen LogP contribution in [-0.4, -0.2) is 35.3 Å².